The molecule has 1 saturated heterocycles. The van der Waals surface area contributed by atoms with Gasteiger partial charge in [-0.2, -0.15) is 4.98 Å². The summed E-state index contributed by atoms with van der Waals surface area (Å²) in [6.07, 6.45) is 1.16. The highest BCUT2D eigenvalue weighted by Crippen LogP contribution is 2.47. The van der Waals surface area contributed by atoms with Crippen molar-refractivity contribution in [3.63, 3.8) is 0 Å². The molecule has 1 aromatic heterocycles. The van der Waals surface area contributed by atoms with Crippen LogP contribution in [0.2, 0.25) is 0 Å². The smallest absolute Gasteiger partial charge is 0.240 e. The highest BCUT2D eigenvalue weighted by molar-refractivity contribution is 5.85. The minimum absolute atomic E-state index is 0.105. The fraction of sp³-hybridized carbons (Fsp3) is 0.800. The lowest BCUT2D eigenvalue weighted by atomic mass is 10.1. The van der Waals surface area contributed by atoms with Gasteiger partial charge in [0.15, 0.2) is 5.82 Å². The predicted octanol–water partition coefficient (Wildman–Crippen LogP) is -0.190. The molecule has 0 unspecified atom stereocenters. The first-order valence-corrected chi connectivity index (χ1v) is 8.00. The maximum atomic E-state index is 12.7. The molecule has 1 aromatic rings. The molecule has 1 aliphatic carbocycles. The Morgan fingerprint density at radius 1 is 1.43 bits per heavy atom. The van der Waals surface area contributed by atoms with E-state index in [1.165, 1.54) is 0 Å². The number of carbonyl (C=O) groups is 1. The zero-order valence-electron chi connectivity index (χ0n) is 13.7. The molecule has 3 rings (SSSR count). The van der Waals surface area contributed by atoms with E-state index in [-0.39, 0.29) is 11.3 Å². The molecule has 0 aromatic carbocycles. The van der Waals surface area contributed by atoms with Crippen LogP contribution in [0, 0.1) is 12.3 Å². The van der Waals surface area contributed by atoms with Crippen molar-refractivity contribution in [2.24, 2.45) is 5.41 Å². The summed E-state index contributed by atoms with van der Waals surface area (Å²) in [5.41, 5.74) is -0.354. The van der Waals surface area contributed by atoms with Crippen LogP contribution in [0.25, 0.3) is 0 Å². The summed E-state index contributed by atoms with van der Waals surface area (Å²) in [5.74, 6) is 1.24. The Morgan fingerprint density at radius 3 is 2.83 bits per heavy atom. The van der Waals surface area contributed by atoms with Gasteiger partial charge < -0.3 is 19.3 Å². The van der Waals surface area contributed by atoms with Gasteiger partial charge in [-0.15, -0.1) is 0 Å². The average molecular weight is 324 g/mol. The van der Waals surface area contributed by atoms with Crippen LogP contribution in [0.3, 0.4) is 0 Å². The van der Waals surface area contributed by atoms with Crippen LogP contribution in [-0.4, -0.2) is 77.0 Å². The minimum atomic E-state index is -0.580. The van der Waals surface area contributed by atoms with E-state index in [1.54, 1.807) is 18.9 Å². The summed E-state index contributed by atoms with van der Waals surface area (Å²) in [5, 5.41) is 14.0. The molecule has 1 saturated carbocycles. The molecule has 1 amide bonds. The Kier molecular flexibility index (Phi) is 4.65. The molecule has 1 atom stereocenters. The summed E-state index contributed by atoms with van der Waals surface area (Å²) in [7, 11) is 1.62. The number of carbonyl (C=O) groups excluding carboxylic acids is 1. The number of methoxy groups -OCH3 is 1. The highest BCUT2D eigenvalue weighted by atomic mass is 16.5. The first-order valence-electron chi connectivity index (χ1n) is 8.00. The largest absolute Gasteiger partial charge is 0.390 e. The summed E-state index contributed by atoms with van der Waals surface area (Å²) in [4.78, 5) is 20.7. The van der Waals surface area contributed by atoms with Gasteiger partial charge in [-0.3, -0.25) is 9.69 Å². The second-order valence-electron chi connectivity index (χ2n) is 6.59. The monoisotopic (exact) mass is 324 g/mol. The normalized spacial score (nSPS) is 24.5. The summed E-state index contributed by atoms with van der Waals surface area (Å²) in [6.45, 7) is 4.84. The fourth-order valence-electron chi connectivity index (χ4n) is 3.16. The van der Waals surface area contributed by atoms with E-state index in [2.05, 4.69) is 10.1 Å². The van der Waals surface area contributed by atoms with E-state index < -0.39 is 6.10 Å². The lowest BCUT2D eigenvalue weighted by molar-refractivity contribution is -0.140. The standard InChI is InChI=1S/C15H24N4O4/c1-11-16-13(23-17-11)9-18-5-6-19(8-12(20)7-18)14(21)15(3-4-15)10-22-2/h12,20H,3-10H2,1-2H3/t12-/m1/s1. The Morgan fingerprint density at radius 2 is 2.22 bits per heavy atom. The van der Waals surface area contributed by atoms with Gasteiger partial charge in [-0.05, 0) is 19.8 Å². The molecule has 8 nitrogen and oxygen atoms in total. The Balaban J connectivity index is 1.60. The van der Waals surface area contributed by atoms with Crippen molar-refractivity contribution in [2.75, 3.05) is 39.9 Å². The Labute approximate surface area is 135 Å². The number of aliphatic hydroxyl groups is 1. The van der Waals surface area contributed by atoms with Crippen LogP contribution in [0.1, 0.15) is 24.6 Å². The van der Waals surface area contributed by atoms with Crippen molar-refractivity contribution in [2.45, 2.75) is 32.4 Å². The summed E-state index contributed by atoms with van der Waals surface area (Å²) in [6, 6.07) is 0. The zero-order chi connectivity index (χ0) is 16.4. The third-order valence-corrected chi connectivity index (χ3v) is 4.53. The molecule has 128 valence electrons. The van der Waals surface area contributed by atoms with Crippen molar-refractivity contribution < 1.29 is 19.2 Å². The lowest BCUT2D eigenvalue weighted by Crippen LogP contribution is -2.43. The van der Waals surface area contributed by atoms with Gasteiger partial charge in [0.05, 0.1) is 24.7 Å². The van der Waals surface area contributed by atoms with E-state index in [0.717, 1.165) is 12.8 Å². The number of aryl methyl sites for hydroxylation is 1. The topological polar surface area (TPSA) is 91.9 Å². The van der Waals surface area contributed by atoms with Crippen molar-refractivity contribution in [3.8, 4) is 0 Å². The molecule has 2 fully saturated rings. The van der Waals surface area contributed by atoms with Gasteiger partial charge in [0.1, 0.15) is 0 Å². The quantitative estimate of drug-likeness (QED) is 0.802. The predicted molar refractivity (Wildman–Crippen MR) is 80.4 cm³/mol. The van der Waals surface area contributed by atoms with Gasteiger partial charge in [0, 0.05) is 33.3 Å². The van der Waals surface area contributed by atoms with E-state index in [9.17, 15) is 9.90 Å². The van der Waals surface area contributed by atoms with Crippen molar-refractivity contribution in [1.82, 2.24) is 19.9 Å². The molecule has 8 heteroatoms. The third-order valence-electron chi connectivity index (χ3n) is 4.53. The molecule has 0 radical (unpaired) electrons. The lowest BCUT2D eigenvalue weighted by Gasteiger charge is -2.26. The van der Waals surface area contributed by atoms with Crippen LogP contribution in [0.4, 0.5) is 0 Å². The Bertz CT molecular complexity index is 557. The number of nitrogens with zero attached hydrogens (tertiary/aromatic N) is 4. The van der Waals surface area contributed by atoms with E-state index >= 15 is 0 Å². The van der Waals surface area contributed by atoms with Crippen molar-refractivity contribution >= 4 is 5.91 Å². The maximum absolute atomic E-state index is 12.7. The first-order chi connectivity index (χ1) is 11.0. The maximum Gasteiger partial charge on any atom is 0.240 e. The molecule has 0 bridgehead atoms. The van der Waals surface area contributed by atoms with Crippen LogP contribution in [-0.2, 0) is 16.1 Å². The second-order valence-corrected chi connectivity index (χ2v) is 6.59. The highest BCUT2D eigenvalue weighted by Gasteiger charge is 2.52. The fourth-order valence-corrected chi connectivity index (χ4v) is 3.16. The number of ether oxygens (including phenoxy) is 1. The summed E-state index contributed by atoms with van der Waals surface area (Å²) < 4.78 is 10.3. The van der Waals surface area contributed by atoms with Crippen LogP contribution in [0.15, 0.2) is 4.52 Å². The number of hydrogen-bond donors (Lipinski definition) is 1. The average Bonchev–Trinajstić information content (AvgIpc) is 3.21. The summed E-state index contributed by atoms with van der Waals surface area (Å²) >= 11 is 0. The number of aromatic nitrogens is 2. The van der Waals surface area contributed by atoms with Gasteiger partial charge in [-0.1, -0.05) is 5.16 Å². The molecule has 2 aliphatic rings. The number of hydrogen-bond acceptors (Lipinski definition) is 7. The second kappa shape index (κ2) is 6.54. The van der Waals surface area contributed by atoms with Gasteiger partial charge in [0.25, 0.3) is 0 Å². The molecular formula is C15H24N4O4. The number of rotatable bonds is 5. The van der Waals surface area contributed by atoms with Gasteiger partial charge in [-0.25, -0.2) is 0 Å². The third kappa shape index (κ3) is 3.70. The van der Waals surface area contributed by atoms with E-state index in [4.69, 9.17) is 9.26 Å². The molecular weight excluding hydrogens is 300 g/mol. The van der Waals surface area contributed by atoms with Crippen LogP contribution >= 0.6 is 0 Å². The van der Waals surface area contributed by atoms with Crippen molar-refractivity contribution in [1.29, 1.82) is 0 Å². The van der Waals surface area contributed by atoms with Gasteiger partial charge >= 0.3 is 0 Å². The van der Waals surface area contributed by atoms with Crippen molar-refractivity contribution in [3.05, 3.63) is 11.7 Å². The minimum Gasteiger partial charge on any atom is -0.390 e. The van der Waals surface area contributed by atoms with Gasteiger partial charge in [0.2, 0.25) is 11.8 Å². The molecule has 0 spiro atoms. The number of aliphatic hydroxyl groups excluding tert-OH is 1. The Hall–Kier alpha value is -1.51. The number of amides is 1. The molecule has 1 aliphatic heterocycles. The van der Waals surface area contributed by atoms with E-state index in [0.29, 0.717) is 51.0 Å². The molecule has 23 heavy (non-hydrogen) atoms. The van der Waals surface area contributed by atoms with Crippen LogP contribution in [0.5, 0.6) is 0 Å². The van der Waals surface area contributed by atoms with E-state index in [1.807, 2.05) is 4.90 Å². The molecule has 1 N–H and O–H groups in total. The first kappa shape index (κ1) is 16.4. The molecule has 2 heterocycles. The SMILES string of the molecule is COCC1(C(=O)N2CCN(Cc3nc(C)no3)C[C@@H](O)C2)CC1. The zero-order valence-corrected chi connectivity index (χ0v) is 13.7. The number of β-amino-alcohol motifs (C(OH)–C–C–N with tert-alkyl or cyclic N) is 1. The van der Waals surface area contributed by atoms with Crippen LogP contribution < -0.4 is 0 Å².